The molecule has 0 spiro atoms. The smallest absolute Gasteiger partial charge is 0.321 e. The number of imide groups is 1. The third-order valence-corrected chi connectivity index (χ3v) is 2.04. The van der Waals surface area contributed by atoms with Crippen molar-refractivity contribution in [2.75, 3.05) is 6.54 Å². The van der Waals surface area contributed by atoms with Crippen molar-refractivity contribution in [1.82, 2.24) is 10.6 Å². The van der Waals surface area contributed by atoms with Gasteiger partial charge in [0.25, 0.3) is 0 Å². The number of benzene rings is 1. The van der Waals surface area contributed by atoms with Crippen molar-refractivity contribution >= 4 is 11.9 Å². The van der Waals surface area contributed by atoms with Gasteiger partial charge in [-0.2, -0.15) is 0 Å². The van der Waals surface area contributed by atoms with Gasteiger partial charge in [-0.3, -0.25) is 10.1 Å². The Morgan fingerprint density at radius 2 is 1.88 bits per heavy atom. The van der Waals surface area contributed by atoms with Gasteiger partial charge in [0.1, 0.15) is 0 Å². The van der Waals surface area contributed by atoms with E-state index in [1.807, 2.05) is 5.32 Å². The molecule has 0 saturated carbocycles. The van der Waals surface area contributed by atoms with Crippen molar-refractivity contribution < 1.29 is 9.59 Å². The summed E-state index contributed by atoms with van der Waals surface area (Å²) >= 11 is 0. The van der Waals surface area contributed by atoms with Gasteiger partial charge in [0, 0.05) is 0 Å². The van der Waals surface area contributed by atoms with E-state index < -0.39 is 6.03 Å². The predicted molar refractivity (Wildman–Crippen MR) is 62.0 cm³/mol. The number of carbonyl (C=O) groups excluding carboxylic acids is 2. The summed E-state index contributed by atoms with van der Waals surface area (Å²) in [5.74, 6) is -0.259. The molecule has 1 aromatic carbocycles. The third-order valence-electron chi connectivity index (χ3n) is 2.04. The number of aryl methyl sites for hydroxylation is 1. The zero-order valence-electron chi connectivity index (χ0n) is 9.32. The summed E-state index contributed by atoms with van der Waals surface area (Å²) in [6, 6.07) is 10.2. The second-order valence-electron chi connectivity index (χ2n) is 3.47. The van der Waals surface area contributed by atoms with Crippen LogP contribution in [0.15, 0.2) is 30.3 Å². The molecule has 1 heterocycles. The minimum absolute atomic E-state index is 0.124. The van der Waals surface area contributed by atoms with E-state index in [9.17, 15) is 9.59 Å². The fourth-order valence-electron chi connectivity index (χ4n) is 1.31. The lowest BCUT2D eigenvalue weighted by atomic mass is 10.1. The van der Waals surface area contributed by atoms with E-state index in [4.69, 9.17) is 0 Å². The third kappa shape index (κ3) is 4.59. The molecule has 1 aliphatic heterocycles. The molecule has 0 unspecified atom stereocenters. The van der Waals surface area contributed by atoms with Crippen LogP contribution in [0.1, 0.15) is 18.9 Å². The predicted octanol–water partition coefficient (Wildman–Crippen LogP) is 1.46. The minimum Gasteiger partial charge on any atom is -0.329 e. The summed E-state index contributed by atoms with van der Waals surface area (Å²) in [7, 11) is 0. The molecular formula is C12H16N2O2. The maximum atomic E-state index is 10.1. The number of hydrogen-bond donors (Lipinski definition) is 2. The number of rotatable bonds is 2. The highest BCUT2D eigenvalue weighted by molar-refractivity contribution is 6.01. The summed E-state index contributed by atoms with van der Waals surface area (Å²) in [4.78, 5) is 20.1. The summed E-state index contributed by atoms with van der Waals surface area (Å²) in [5.41, 5.74) is 1.44. The van der Waals surface area contributed by atoms with Crippen molar-refractivity contribution in [2.45, 2.75) is 19.8 Å². The maximum absolute atomic E-state index is 10.1. The molecule has 0 radical (unpaired) electrons. The van der Waals surface area contributed by atoms with Gasteiger partial charge in [0.15, 0.2) is 0 Å². The molecule has 2 N–H and O–H groups in total. The maximum Gasteiger partial charge on any atom is 0.321 e. The fraction of sp³-hybridized carbons (Fsp3) is 0.333. The van der Waals surface area contributed by atoms with Gasteiger partial charge in [-0.15, -0.1) is 0 Å². The van der Waals surface area contributed by atoms with Gasteiger partial charge in [-0.25, -0.2) is 4.79 Å². The Morgan fingerprint density at radius 1 is 1.19 bits per heavy atom. The summed E-state index contributed by atoms with van der Waals surface area (Å²) < 4.78 is 0. The van der Waals surface area contributed by atoms with E-state index in [1.54, 1.807) is 0 Å². The first-order valence-electron chi connectivity index (χ1n) is 5.34. The summed E-state index contributed by atoms with van der Waals surface area (Å²) in [6.45, 7) is 2.33. The molecule has 86 valence electrons. The average molecular weight is 220 g/mol. The van der Waals surface area contributed by atoms with E-state index in [2.05, 4.69) is 42.6 Å². The number of carbonyl (C=O) groups is 2. The first-order chi connectivity index (χ1) is 7.72. The van der Waals surface area contributed by atoms with E-state index in [-0.39, 0.29) is 12.5 Å². The van der Waals surface area contributed by atoms with Gasteiger partial charge in [0.2, 0.25) is 5.91 Å². The van der Waals surface area contributed by atoms with Gasteiger partial charge in [0.05, 0.1) is 6.54 Å². The van der Waals surface area contributed by atoms with Crippen molar-refractivity contribution in [3.8, 4) is 0 Å². The zero-order chi connectivity index (χ0) is 11.8. The lowest BCUT2D eigenvalue weighted by Gasteiger charge is -1.93. The topological polar surface area (TPSA) is 58.2 Å². The van der Waals surface area contributed by atoms with Gasteiger partial charge < -0.3 is 5.32 Å². The van der Waals surface area contributed by atoms with Crippen LogP contribution in [0, 0.1) is 0 Å². The van der Waals surface area contributed by atoms with Crippen LogP contribution < -0.4 is 10.6 Å². The highest BCUT2D eigenvalue weighted by Crippen LogP contribution is 2.00. The second kappa shape index (κ2) is 6.61. The van der Waals surface area contributed by atoms with Crippen molar-refractivity contribution in [1.29, 1.82) is 0 Å². The Bertz CT molecular complexity index is 335. The first-order valence-corrected chi connectivity index (χ1v) is 5.34. The van der Waals surface area contributed by atoms with Crippen molar-refractivity contribution in [3.63, 3.8) is 0 Å². The van der Waals surface area contributed by atoms with Crippen LogP contribution in [0.3, 0.4) is 0 Å². The first kappa shape index (κ1) is 12.2. The Balaban J connectivity index is 0.000000165. The number of amides is 3. The molecule has 16 heavy (non-hydrogen) atoms. The Kier molecular flexibility index (Phi) is 5.05. The molecule has 1 aliphatic rings. The monoisotopic (exact) mass is 220 g/mol. The average Bonchev–Trinajstić information content (AvgIpc) is 2.65. The van der Waals surface area contributed by atoms with E-state index in [0.717, 1.165) is 0 Å². The van der Waals surface area contributed by atoms with Gasteiger partial charge in [-0.05, 0) is 12.0 Å². The zero-order valence-corrected chi connectivity index (χ0v) is 9.32. The highest BCUT2D eigenvalue weighted by atomic mass is 16.2. The molecule has 4 nitrogen and oxygen atoms in total. The molecular weight excluding hydrogens is 204 g/mol. The largest absolute Gasteiger partial charge is 0.329 e. The standard InChI is InChI=1S/C9H12.C3H4N2O2/c1-2-6-9-7-4-3-5-8-9;6-2-1-4-3(7)5-2/h3-5,7-8H,2,6H2,1H3;1H2,(H2,4,5,6,7). The molecule has 1 fully saturated rings. The van der Waals surface area contributed by atoms with Crippen LogP contribution in [0.2, 0.25) is 0 Å². The SMILES string of the molecule is CCCc1ccccc1.O=C1CNC(=O)N1. The van der Waals surface area contributed by atoms with Crippen molar-refractivity contribution in [3.05, 3.63) is 35.9 Å². The summed E-state index contributed by atoms with van der Waals surface area (Å²) in [5, 5.41) is 4.30. The van der Waals surface area contributed by atoms with Gasteiger partial charge >= 0.3 is 6.03 Å². The molecule has 1 aromatic rings. The van der Waals surface area contributed by atoms with Crippen LogP contribution in [-0.2, 0) is 11.2 Å². The Morgan fingerprint density at radius 3 is 2.25 bits per heavy atom. The molecule has 3 amide bonds. The molecule has 2 rings (SSSR count). The second-order valence-corrected chi connectivity index (χ2v) is 3.47. The quantitative estimate of drug-likeness (QED) is 0.741. The molecule has 0 aromatic heterocycles. The molecule has 0 atom stereocenters. The lowest BCUT2D eigenvalue weighted by molar-refractivity contribution is -0.117. The van der Waals surface area contributed by atoms with Crippen LogP contribution in [0.4, 0.5) is 4.79 Å². The van der Waals surface area contributed by atoms with E-state index in [0.29, 0.717) is 0 Å². The van der Waals surface area contributed by atoms with Crippen LogP contribution >= 0.6 is 0 Å². The van der Waals surface area contributed by atoms with Crippen LogP contribution in [-0.4, -0.2) is 18.5 Å². The fourth-order valence-corrected chi connectivity index (χ4v) is 1.31. The molecule has 1 saturated heterocycles. The highest BCUT2D eigenvalue weighted by Gasteiger charge is 2.14. The molecule has 0 bridgehead atoms. The number of urea groups is 1. The molecule has 0 aliphatic carbocycles. The van der Waals surface area contributed by atoms with E-state index in [1.165, 1.54) is 18.4 Å². The number of nitrogens with one attached hydrogen (secondary N) is 2. The normalized spacial score (nSPS) is 13.6. The Hall–Kier alpha value is -1.84. The van der Waals surface area contributed by atoms with Gasteiger partial charge in [-0.1, -0.05) is 43.7 Å². The lowest BCUT2D eigenvalue weighted by Crippen LogP contribution is -2.22. The van der Waals surface area contributed by atoms with E-state index >= 15 is 0 Å². The minimum atomic E-state index is -0.398. The van der Waals surface area contributed by atoms with Crippen molar-refractivity contribution in [2.24, 2.45) is 0 Å². The number of hydrogen-bond acceptors (Lipinski definition) is 2. The van der Waals surface area contributed by atoms with Crippen LogP contribution in [0.25, 0.3) is 0 Å². The summed E-state index contributed by atoms with van der Waals surface area (Å²) in [6.07, 6.45) is 2.45. The molecule has 4 heteroatoms. The Labute approximate surface area is 95.0 Å². The van der Waals surface area contributed by atoms with Crippen LogP contribution in [0.5, 0.6) is 0 Å².